The molecule has 0 aliphatic rings. The Balaban J connectivity index is 2.01. The number of nitrogens with zero attached hydrogens (tertiary/aromatic N) is 3. The third-order valence-electron chi connectivity index (χ3n) is 3.26. The number of rotatable bonds is 5. The molecule has 106 valence electrons. The zero-order chi connectivity index (χ0) is 15.1. The van der Waals surface area contributed by atoms with Crippen LogP contribution in [0.25, 0.3) is 0 Å². The molecule has 1 aromatic heterocycles. The Morgan fingerprint density at radius 2 is 1.95 bits per heavy atom. The fourth-order valence-corrected chi connectivity index (χ4v) is 2.15. The summed E-state index contributed by atoms with van der Waals surface area (Å²) in [5.41, 5.74) is 1.94. The summed E-state index contributed by atoms with van der Waals surface area (Å²) in [6.07, 6.45) is 3.86. The molecule has 0 saturated heterocycles. The smallest absolute Gasteiger partial charge is 0.240 e. The molecule has 0 fully saturated rings. The molecule has 2 rings (SSSR count). The van der Waals surface area contributed by atoms with E-state index in [0.29, 0.717) is 13.0 Å². The molecule has 0 spiro atoms. The summed E-state index contributed by atoms with van der Waals surface area (Å²) in [6, 6.07) is 15.5. The second-order valence-corrected chi connectivity index (χ2v) is 4.93. The fraction of sp³-hybridized carbons (Fsp3) is 0.235. The number of pyridine rings is 1. The normalized spacial score (nSPS) is 11.4. The molecule has 1 heterocycles. The predicted molar refractivity (Wildman–Crippen MR) is 80.0 cm³/mol. The van der Waals surface area contributed by atoms with Gasteiger partial charge in [0.05, 0.1) is 6.07 Å². The quantitative estimate of drug-likeness (QED) is 0.844. The highest BCUT2D eigenvalue weighted by molar-refractivity contribution is 5.81. The lowest BCUT2D eigenvalue weighted by Gasteiger charge is -2.20. The summed E-state index contributed by atoms with van der Waals surface area (Å²) in [5, 5.41) is 9.26. The summed E-state index contributed by atoms with van der Waals surface area (Å²) in [6.45, 7) is 0.458. The van der Waals surface area contributed by atoms with Gasteiger partial charge < -0.3 is 4.90 Å². The lowest BCUT2D eigenvalue weighted by Crippen LogP contribution is -2.33. The van der Waals surface area contributed by atoms with Crippen LogP contribution in [-0.2, 0) is 17.8 Å². The van der Waals surface area contributed by atoms with Crippen molar-refractivity contribution in [3.8, 4) is 6.07 Å². The number of aromatic nitrogens is 1. The van der Waals surface area contributed by atoms with Crippen molar-refractivity contribution in [3.05, 3.63) is 66.0 Å². The van der Waals surface area contributed by atoms with Gasteiger partial charge in [-0.05, 0) is 23.6 Å². The molecule has 4 nitrogen and oxygen atoms in total. The van der Waals surface area contributed by atoms with Gasteiger partial charge in [0.2, 0.25) is 5.91 Å². The Kier molecular flexibility index (Phi) is 5.05. The lowest BCUT2D eigenvalue weighted by atomic mass is 9.99. The molecule has 0 saturated carbocycles. The van der Waals surface area contributed by atoms with Crippen LogP contribution in [0.4, 0.5) is 0 Å². The van der Waals surface area contributed by atoms with Crippen molar-refractivity contribution < 1.29 is 4.79 Å². The van der Waals surface area contributed by atoms with Crippen LogP contribution in [0.15, 0.2) is 54.9 Å². The van der Waals surface area contributed by atoms with Crippen molar-refractivity contribution in [2.75, 3.05) is 7.05 Å². The van der Waals surface area contributed by atoms with Crippen LogP contribution < -0.4 is 0 Å². The van der Waals surface area contributed by atoms with Gasteiger partial charge in [-0.2, -0.15) is 5.26 Å². The first-order chi connectivity index (χ1) is 10.2. The van der Waals surface area contributed by atoms with Gasteiger partial charge in [0.25, 0.3) is 0 Å². The number of carbonyl (C=O) groups excluding carboxylic acids is 1. The molecule has 1 amide bonds. The highest BCUT2D eigenvalue weighted by Gasteiger charge is 2.22. The van der Waals surface area contributed by atoms with Gasteiger partial charge in [-0.15, -0.1) is 0 Å². The minimum Gasteiger partial charge on any atom is -0.340 e. The van der Waals surface area contributed by atoms with Gasteiger partial charge in [-0.25, -0.2) is 0 Å². The number of hydrogen-bond donors (Lipinski definition) is 0. The summed E-state index contributed by atoms with van der Waals surface area (Å²) >= 11 is 0. The second-order valence-electron chi connectivity index (χ2n) is 4.93. The summed E-state index contributed by atoms with van der Waals surface area (Å²) in [4.78, 5) is 18.0. The molecule has 4 heteroatoms. The van der Waals surface area contributed by atoms with Crippen LogP contribution in [0, 0.1) is 17.2 Å². The Bertz CT molecular complexity index is 619. The van der Waals surface area contributed by atoms with Crippen molar-refractivity contribution in [3.63, 3.8) is 0 Å². The van der Waals surface area contributed by atoms with Gasteiger partial charge in [-0.1, -0.05) is 36.4 Å². The Labute approximate surface area is 124 Å². The first-order valence-corrected chi connectivity index (χ1v) is 6.78. The average molecular weight is 279 g/mol. The Morgan fingerprint density at radius 1 is 1.24 bits per heavy atom. The average Bonchev–Trinajstić information content (AvgIpc) is 2.54. The maximum absolute atomic E-state index is 12.4. The van der Waals surface area contributed by atoms with Crippen molar-refractivity contribution in [1.82, 2.24) is 9.88 Å². The number of amides is 1. The van der Waals surface area contributed by atoms with Gasteiger partial charge in [-0.3, -0.25) is 9.78 Å². The van der Waals surface area contributed by atoms with Gasteiger partial charge >= 0.3 is 0 Å². The van der Waals surface area contributed by atoms with E-state index < -0.39 is 5.92 Å². The highest BCUT2D eigenvalue weighted by Crippen LogP contribution is 2.12. The van der Waals surface area contributed by atoms with Crippen LogP contribution >= 0.6 is 0 Å². The number of nitriles is 1. The second kappa shape index (κ2) is 7.20. The van der Waals surface area contributed by atoms with E-state index in [9.17, 15) is 10.1 Å². The van der Waals surface area contributed by atoms with Crippen LogP contribution in [0.5, 0.6) is 0 Å². The molecule has 0 bridgehead atoms. The third-order valence-corrected chi connectivity index (χ3v) is 3.26. The molecule has 21 heavy (non-hydrogen) atoms. The Hall–Kier alpha value is -2.67. The summed E-state index contributed by atoms with van der Waals surface area (Å²) in [7, 11) is 1.71. The summed E-state index contributed by atoms with van der Waals surface area (Å²) in [5.74, 6) is -0.820. The van der Waals surface area contributed by atoms with Crippen LogP contribution in [-0.4, -0.2) is 22.8 Å². The minimum absolute atomic E-state index is 0.162. The molecular weight excluding hydrogens is 262 g/mol. The molecule has 1 unspecified atom stereocenters. The Morgan fingerprint density at radius 3 is 2.57 bits per heavy atom. The van der Waals surface area contributed by atoms with Crippen molar-refractivity contribution in [2.45, 2.75) is 13.0 Å². The first-order valence-electron chi connectivity index (χ1n) is 6.78. The minimum atomic E-state index is -0.658. The highest BCUT2D eigenvalue weighted by atomic mass is 16.2. The molecular formula is C17H17N3O. The molecule has 0 aliphatic heterocycles. The van der Waals surface area contributed by atoms with Crippen LogP contribution in [0.1, 0.15) is 11.1 Å². The SMILES string of the molecule is CN(Cc1cccnc1)C(=O)C(C#N)Cc1ccccc1. The monoisotopic (exact) mass is 279 g/mol. The summed E-state index contributed by atoms with van der Waals surface area (Å²) < 4.78 is 0. The van der Waals surface area contributed by atoms with E-state index in [2.05, 4.69) is 11.1 Å². The molecule has 0 radical (unpaired) electrons. The molecule has 0 aliphatic carbocycles. The third kappa shape index (κ3) is 4.15. The molecule has 1 atom stereocenters. The maximum atomic E-state index is 12.4. The molecule has 2 aromatic rings. The van der Waals surface area contributed by atoms with E-state index in [1.807, 2.05) is 42.5 Å². The standard InChI is InChI=1S/C17H17N3O/c1-20(13-15-8-5-9-19-12-15)17(21)16(11-18)10-14-6-3-2-4-7-14/h2-9,12,16H,10,13H2,1H3. The van der Waals surface area contributed by atoms with E-state index in [1.54, 1.807) is 24.3 Å². The van der Waals surface area contributed by atoms with Gasteiger partial charge in [0, 0.05) is 26.0 Å². The van der Waals surface area contributed by atoms with Gasteiger partial charge in [0.1, 0.15) is 5.92 Å². The van der Waals surface area contributed by atoms with Crippen LogP contribution in [0.2, 0.25) is 0 Å². The zero-order valence-corrected chi connectivity index (χ0v) is 11.9. The zero-order valence-electron chi connectivity index (χ0n) is 11.9. The van der Waals surface area contributed by atoms with Gasteiger partial charge in [0.15, 0.2) is 0 Å². The number of hydrogen-bond acceptors (Lipinski definition) is 3. The molecule has 0 N–H and O–H groups in total. The van der Waals surface area contributed by atoms with E-state index in [1.165, 1.54) is 0 Å². The van der Waals surface area contributed by atoms with E-state index in [0.717, 1.165) is 11.1 Å². The first kappa shape index (κ1) is 14.7. The lowest BCUT2D eigenvalue weighted by molar-refractivity contribution is -0.132. The molecule has 1 aromatic carbocycles. The largest absolute Gasteiger partial charge is 0.340 e. The van der Waals surface area contributed by atoms with E-state index in [-0.39, 0.29) is 5.91 Å². The van der Waals surface area contributed by atoms with Crippen molar-refractivity contribution >= 4 is 5.91 Å². The van der Waals surface area contributed by atoms with E-state index in [4.69, 9.17) is 0 Å². The number of benzene rings is 1. The van der Waals surface area contributed by atoms with Crippen molar-refractivity contribution in [2.24, 2.45) is 5.92 Å². The topological polar surface area (TPSA) is 57.0 Å². The van der Waals surface area contributed by atoms with Crippen molar-refractivity contribution in [1.29, 1.82) is 5.26 Å². The maximum Gasteiger partial charge on any atom is 0.240 e. The number of carbonyl (C=O) groups is 1. The van der Waals surface area contributed by atoms with Crippen LogP contribution in [0.3, 0.4) is 0 Å². The predicted octanol–water partition coefficient (Wildman–Crippen LogP) is 2.42. The fourth-order valence-electron chi connectivity index (χ4n) is 2.15. The van der Waals surface area contributed by atoms with E-state index >= 15 is 0 Å².